The lowest BCUT2D eigenvalue weighted by molar-refractivity contribution is -0.139. The van der Waals surface area contributed by atoms with E-state index in [2.05, 4.69) is 25.3 Å². The molecule has 0 bridgehead atoms. The van der Waals surface area contributed by atoms with E-state index in [0.717, 1.165) is 10.9 Å². The zero-order valence-corrected chi connectivity index (χ0v) is 17.2. The number of aromatic nitrogens is 4. The summed E-state index contributed by atoms with van der Waals surface area (Å²) in [5.74, 6) is 0.480. The number of nitrogen functional groups attached to an aromatic ring is 1. The smallest absolute Gasteiger partial charge is 0.331 e. The molecule has 0 amide bonds. The third-order valence-electron chi connectivity index (χ3n) is 4.41. The van der Waals surface area contributed by atoms with Gasteiger partial charge in [0, 0.05) is 11.5 Å². The van der Waals surface area contributed by atoms with Crippen molar-refractivity contribution in [3.8, 4) is 5.75 Å². The second-order valence-corrected chi connectivity index (χ2v) is 6.63. The van der Waals surface area contributed by atoms with Crippen molar-refractivity contribution in [3.63, 3.8) is 0 Å². The van der Waals surface area contributed by atoms with Crippen molar-refractivity contribution in [1.29, 1.82) is 0 Å². The van der Waals surface area contributed by atoms with Crippen molar-refractivity contribution in [2.75, 3.05) is 18.2 Å². The number of ether oxygens (including phenoxy) is 2. The van der Waals surface area contributed by atoms with E-state index >= 15 is 0 Å². The van der Waals surface area contributed by atoms with Gasteiger partial charge in [-0.25, -0.2) is 9.78 Å². The largest absolute Gasteiger partial charge is 0.495 e. The normalized spacial score (nSPS) is 10.9. The van der Waals surface area contributed by atoms with Gasteiger partial charge in [-0.1, -0.05) is 36.4 Å². The van der Waals surface area contributed by atoms with E-state index in [1.807, 2.05) is 54.6 Å². The first-order valence-corrected chi connectivity index (χ1v) is 9.72. The van der Waals surface area contributed by atoms with Gasteiger partial charge in [0.2, 0.25) is 11.9 Å². The maximum atomic E-state index is 12.1. The van der Waals surface area contributed by atoms with Gasteiger partial charge in [-0.05, 0) is 30.3 Å². The number of rotatable bonds is 7. The number of hydrogen-bond donors (Lipinski definition) is 2. The minimum atomic E-state index is -0.557. The number of pyridine rings is 1. The summed E-state index contributed by atoms with van der Waals surface area (Å²) in [7, 11) is 1.56. The Labute approximate surface area is 184 Å². The van der Waals surface area contributed by atoms with E-state index in [1.165, 1.54) is 6.08 Å². The number of hydrogen-bond acceptors (Lipinski definition) is 9. The zero-order chi connectivity index (χ0) is 22.3. The Morgan fingerprint density at radius 3 is 2.69 bits per heavy atom. The van der Waals surface area contributed by atoms with Gasteiger partial charge in [-0.2, -0.15) is 15.0 Å². The predicted octanol–water partition coefficient (Wildman–Crippen LogP) is 3.51. The molecule has 0 aliphatic rings. The van der Waals surface area contributed by atoms with Gasteiger partial charge in [0.15, 0.2) is 12.4 Å². The minimum Gasteiger partial charge on any atom is -0.495 e. The van der Waals surface area contributed by atoms with Crippen LogP contribution in [0.25, 0.3) is 17.0 Å². The molecule has 0 unspecified atom stereocenters. The van der Waals surface area contributed by atoms with Gasteiger partial charge in [0.25, 0.3) is 0 Å². The highest BCUT2D eigenvalue weighted by molar-refractivity contribution is 5.87. The third kappa shape index (κ3) is 5.14. The molecule has 0 atom stereocenters. The predicted molar refractivity (Wildman–Crippen MR) is 121 cm³/mol. The molecule has 2 heterocycles. The summed E-state index contributed by atoms with van der Waals surface area (Å²) in [6, 6.07) is 18.8. The second kappa shape index (κ2) is 9.52. The molecule has 0 radical (unpaired) electrons. The molecular weight excluding hydrogens is 408 g/mol. The Balaban J connectivity index is 1.40. The molecule has 0 spiro atoms. The van der Waals surface area contributed by atoms with Gasteiger partial charge in [0.1, 0.15) is 5.75 Å². The van der Waals surface area contributed by atoms with Crippen molar-refractivity contribution in [3.05, 3.63) is 78.3 Å². The van der Waals surface area contributed by atoms with Crippen LogP contribution in [-0.2, 0) is 16.1 Å². The summed E-state index contributed by atoms with van der Waals surface area (Å²) in [6.45, 7) is -0.165. The zero-order valence-electron chi connectivity index (χ0n) is 17.2. The molecular formula is C23H20N6O3. The second-order valence-electron chi connectivity index (χ2n) is 6.63. The fourth-order valence-electron chi connectivity index (χ4n) is 2.94. The lowest BCUT2D eigenvalue weighted by Crippen LogP contribution is -2.10. The first-order valence-electron chi connectivity index (χ1n) is 9.72. The molecule has 4 aromatic rings. The molecule has 2 aromatic heterocycles. The van der Waals surface area contributed by atoms with E-state index in [4.69, 9.17) is 15.2 Å². The molecule has 4 rings (SSSR count). The Hall–Kier alpha value is -4.53. The van der Waals surface area contributed by atoms with Gasteiger partial charge < -0.3 is 20.5 Å². The fourth-order valence-corrected chi connectivity index (χ4v) is 2.94. The van der Waals surface area contributed by atoms with Crippen molar-refractivity contribution < 1.29 is 14.3 Å². The maximum absolute atomic E-state index is 12.1. The highest BCUT2D eigenvalue weighted by atomic mass is 16.5. The van der Waals surface area contributed by atoms with Crippen molar-refractivity contribution in [1.82, 2.24) is 19.9 Å². The lowest BCUT2D eigenvalue weighted by Gasteiger charge is -2.10. The van der Waals surface area contributed by atoms with E-state index < -0.39 is 5.97 Å². The Bertz CT molecular complexity index is 1290. The number of benzene rings is 2. The number of para-hydroxylation sites is 3. The van der Waals surface area contributed by atoms with Crippen molar-refractivity contribution >= 4 is 40.5 Å². The van der Waals surface area contributed by atoms with E-state index in [0.29, 0.717) is 17.1 Å². The van der Waals surface area contributed by atoms with Crippen molar-refractivity contribution in [2.45, 2.75) is 6.61 Å². The Kier molecular flexibility index (Phi) is 6.17. The van der Waals surface area contributed by atoms with E-state index in [9.17, 15) is 4.79 Å². The first kappa shape index (κ1) is 20.7. The number of carbonyl (C=O) groups is 1. The van der Waals surface area contributed by atoms with Gasteiger partial charge in [-0.15, -0.1) is 0 Å². The van der Waals surface area contributed by atoms with Gasteiger partial charge >= 0.3 is 5.97 Å². The number of methoxy groups -OCH3 is 1. The summed E-state index contributed by atoms with van der Waals surface area (Å²) in [5.41, 5.74) is 7.93. The van der Waals surface area contributed by atoms with Crippen LogP contribution < -0.4 is 15.8 Å². The van der Waals surface area contributed by atoms with Crippen LogP contribution in [-0.4, -0.2) is 33.0 Å². The molecule has 0 fully saturated rings. The molecule has 9 heteroatoms. The van der Waals surface area contributed by atoms with Crippen LogP contribution in [0.15, 0.2) is 66.7 Å². The number of anilines is 3. The van der Waals surface area contributed by atoms with Crippen LogP contribution >= 0.6 is 0 Å². The van der Waals surface area contributed by atoms with Gasteiger partial charge in [-0.3, -0.25) is 0 Å². The van der Waals surface area contributed by atoms with Crippen LogP contribution in [0.1, 0.15) is 11.5 Å². The van der Waals surface area contributed by atoms with Crippen LogP contribution in [0.4, 0.5) is 17.6 Å². The van der Waals surface area contributed by atoms with E-state index in [1.54, 1.807) is 19.3 Å². The molecule has 2 aromatic carbocycles. The number of carbonyl (C=O) groups excluding carboxylic acids is 1. The quantitative estimate of drug-likeness (QED) is 0.336. The lowest BCUT2D eigenvalue weighted by atomic mass is 10.2. The summed E-state index contributed by atoms with van der Waals surface area (Å²) in [5, 5.41) is 4.05. The van der Waals surface area contributed by atoms with Crippen LogP contribution in [0.5, 0.6) is 5.75 Å². The molecule has 3 N–H and O–H groups in total. The monoisotopic (exact) mass is 428 g/mol. The summed E-state index contributed by atoms with van der Waals surface area (Å²) in [6.07, 6.45) is 2.89. The standard InChI is InChI=1S/C23H20N6O3/c1-31-19-9-5-4-8-18(19)26-23-28-20(27-22(24)29-23)14-32-21(30)13-12-16-11-10-15-6-2-3-7-17(15)25-16/h2-13H,14H2,1H3,(H3,24,26,27,28,29)/b13-12+. The highest BCUT2D eigenvalue weighted by Gasteiger charge is 2.09. The Morgan fingerprint density at radius 1 is 1.00 bits per heavy atom. The average molecular weight is 428 g/mol. The molecule has 0 aliphatic carbocycles. The average Bonchev–Trinajstić information content (AvgIpc) is 2.81. The maximum Gasteiger partial charge on any atom is 0.331 e. The first-order chi connectivity index (χ1) is 15.6. The fraction of sp³-hybridized carbons (Fsp3) is 0.0870. The number of esters is 1. The Morgan fingerprint density at radius 2 is 1.81 bits per heavy atom. The highest BCUT2D eigenvalue weighted by Crippen LogP contribution is 2.25. The molecule has 9 nitrogen and oxygen atoms in total. The molecule has 0 saturated heterocycles. The minimum absolute atomic E-state index is 0.000599. The van der Waals surface area contributed by atoms with E-state index in [-0.39, 0.29) is 24.3 Å². The van der Waals surface area contributed by atoms with Crippen molar-refractivity contribution in [2.24, 2.45) is 0 Å². The molecule has 160 valence electrons. The van der Waals surface area contributed by atoms with Crippen LogP contribution in [0.2, 0.25) is 0 Å². The number of nitrogens with zero attached hydrogens (tertiary/aromatic N) is 4. The van der Waals surface area contributed by atoms with Gasteiger partial charge in [0.05, 0.1) is 24.0 Å². The topological polar surface area (TPSA) is 125 Å². The summed E-state index contributed by atoms with van der Waals surface area (Å²) in [4.78, 5) is 28.9. The van der Waals surface area contributed by atoms with Crippen LogP contribution in [0.3, 0.4) is 0 Å². The molecule has 0 saturated carbocycles. The molecule has 0 aliphatic heterocycles. The SMILES string of the molecule is COc1ccccc1Nc1nc(N)nc(COC(=O)/C=C/c2ccc3ccccc3n2)n1. The number of fused-ring (bicyclic) bond motifs is 1. The molecule has 32 heavy (non-hydrogen) atoms. The van der Waals surface area contributed by atoms with Crippen LogP contribution in [0, 0.1) is 0 Å². The number of nitrogens with two attached hydrogens (primary N) is 1. The summed E-state index contributed by atoms with van der Waals surface area (Å²) < 4.78 is 10.5. The third-order valence-corrected chi connectivity index (χ3v) is 4.41. The number of nitrogens with one attached hydrogen (secondary N) is 1. The summed E-state index contributed by atoms with van der Waals surface area (Å²) >= 11 is 0.